The molecule has 0 spiro atoms. The van der Waals surface area contributed by atoms with Gasteiger partial charge in [0.2, 0.25) is 5.28 Å². The molecule has 1 aromatic carbocycles. The van der Waals surface area contributed by atoms with E-state index in [9.17, 15) is 0 Å². The number of anilines is 1. The summed E-state index contributed by atoms with van der Waals surface area (Å²) in [6.45, 7) is 4.19. The molecule has 1 aliphatic rings. The zero-order valence-corrected chi connectivity index (χ0v) is 16.0. The Morgan fingerprint density at radius 1 is 1.08 bits per heavy atom. The van der Waals surface area contributed by atoms with Crippen molar-refractivity contribution >= 4 is 39.0 Å². The van der Waals surface area contributed by atoms with E-state index in [1.54, 1.807) is 18.4 Å². The molecule has 0 aliphatic carbocycles. The summed E-state index contributed by atoms with van der Waals surface area (Å²) in [6.07, 6.45) is 3.68. The van der Waals surface area contributed by atoms with Crippen molar-refractivity contribution in [3.05, 3.63) is 34.4 Å². The number of aryl methyl sites for hydroxylation is 1. The average Bonchev–Trinajstić information content (AvgIpc) is 2.97. The van der Waals surface area contributed by atoms with Gasteiger partial charge in [-0.2, -0.15) is 4.98 Å². The summed E-state index contributed by atoms with van der Waals surface area (Å²) in [6, 6.07) is 8.19. The predicted octanol–water partition coefficient (Wildman–Crippen LogP) is 5.32. The number of nitrogens with zero attached hydrogens (tertiary/aromatic N) is 3. The van der Waals surface area contributed by atoms with Gasteiger partial charge in [-0.1, -0.05) is 12.1 Å². The maximum absolute atomic E-state index is 6.23. The molecule has 0 amide bonds. The van der Waals surface area contributed by atoms with E-state index in [4.69, 9.17) is 16.3 Å². The number of benzene rings is 1. The molecule has 0 unspecified atom stereocenters. The Labute approximate surface area is 156 Å². The van der Waals surface area contributed by atoms with Gasteiger partial charge in [0, 0.05) is 23.5 Å². The second kappa shape index (κ2) is 6.81. The average molecular weight is 374 g/mol. The van der Waals surface area contributed by atoms with Crippen molar-refractivity contribution in [1.82, 2.24) is 9.97 Å². The number of thiophene rings is 1. The highest BCUT2D eigenvalue weighted by Crippen LogP contribution is 2.43. The van der Waals surface area contributed by atoms with Crippen LogP contribution in [0.5, 0.6) is 5.75 Å². The van der Waals surface area contributed by atoms with E-state index in [1.807, 2.05) is 12.1 Å². The third-order valence-corrected chi connectivity index (χ3v) is 5.88. The third kappa shape index (κ3) is 3.07. The van der Waals surface area contributed by atoms with Crippen LogP contribution in [0.25, 0.3) is 21.3 Å². The molecular weight excluding hydrogens is 354 g/mol. The van der Waals surface area contributed by atoms with Crippen LogP contribution in [0.15, 0.2) is 24.3 Å². The van der Waals surface area contributed by atoms with Crippen molar-refractivity contribution in [3.8, 4) is 16.9 Å². The molecular formula is C19H20ClN3OS. The number of fused-ring (bicyclic) bond motifs is 1. The molecule has 4 rings (SSSR count). The topological polar surface area (TPSA) is 38.3 Å². The van der Waals surface area contributed by atoms with Gasteiger partial charge in [0.15, 0.2) is 0 Å². The number of hydrogen-bond donors (Lipinski definition) is 0. The summed E-state index contributed by atoms with van der Waals surface area (Å²) >= 11 is 7.91. The highest BCUT2D eigenvalue weighted by Gasteiger charge is 2.22. The maximum Gasteiger partial charge on any atom is 0.225 e. The SMILES string of the molecule is COc1ccc(-c2c(C)sc3nc(Cl)nc(N4CCCCC4)c23)cc1. The molecule has 0 radical (unpaired) electrons. The summed E-state index contributed by atoms with van der Waals surface area (Å²) in [5.41, 5.74) is 2.37. The van der Waals surface area contributed by atoms with Crippen LogP contribution in [0.1, 0.15) is 24.1 Å². The molecule has 0 atom stereocenters. The smallest absolute Gasteiger partial charge is 0.225 e. The molecule has 6 heteroatoms. The zero-order chi connectivity index (χ0) is 17.4. The molecule has 3 heterocycles. The van der Waals surface area contributed by atoms with Crippen molar-refractivity contribution < 1.29 is 4.74 Å². The molecule has 1 fully saturated rings. The maximum atomic E-state index is 6.23. The monoisotopic (exact) mass is 373 g/mol. The minimum Gasteiger partial charge on any atom is -0.497 e. The van der Waals surface area contributed by atoms with Crippen LogP contribution in [0.3, 0.4) is 0 Å². The van der Waals surface area contributed by atoms with Crippen molar-refractivity contribution in [3.63, 3.8) is 0 Å². The van der Waals surface area contributed by atoms with E-state index in [0.717, 1.165) is 40.4 Å². The Bertz CT molecular complexity index is 901. The van der Waals surface area contributed by atoms with Crippen molar-refractivity contribution in [1.29, 1.82) is 0 Å². The number of piperidine rings is 1. The third-order valence-electron chi connectivity index (χ3n) is 4.72. The Morgan fingerprint density at radius 2 is 1.80 bits per heavy atom. The van der Waals surface area contributed by atoms with E-state index >= 15 is 0 Å². The first kappa shape index (κ1) is 16.6. The first-order valence-electron chi connectivity index (χ1n) is 8.53. The minimum absolute atomic E-state index is 0.329. The molecule has 4 nitrogen and oxygen atoms in total. The van der Waals surface area contributed by atoms with Gasteiger partial charge in [-0.3, -0.25) is 0 Å². The summed E-state index contributed by atoms with van der Waals surface area (Å²) in [5.74, 6) is 1.83. The first-order chi connectivity index (χ1) is 12.2. The van der Waals surface area contributed by atoms with Crippen molar-refractivity contribution in [2.75, 3.05) is 25.1 Å². The Morgan fingerprint density at radius 3 is 2.48 bits per heavy atom. The van der Waals surface area contributed by atoms with Crippen LogP contribution in [0.4, 0.5) is 5.82 Å². The van der Waals surface area contributed by atoms with Crippen molar-refractivity contribution in [2.24, 2.45) is 0 Å². The summed E-state index contributed by atoms with van der Waals surface area (Å²) in [4.78, 5) is 13.7. The number of halogens is 1. The summed E-state index contributed by atoms with van der Waals surface area (Å²) in [5, 5.41) is 1.45. The van der Waals surface area contributed by atoms with E-state index in [1.165, 1.54) is 29.7 Å². The number of methoxy groups -OCH3 is 1. The van der Waals surface area contributed by atoms with Crippen LogP contribution in [0, 0.1) is 6.92 Å². The molecule has 0 bridgehead atoms. The van der Waals surface area contributed by atoms with Gasteiger partial charge in [-0.15, -0.1) is 11.3 Å². The van der Waals surface area contributed by atoms with Gasteiger partial charge in [0.1, 0.15) is 16.4 Å². The van der Waals surface area contributed by atoms with Crippen LogP contribution in [-0.4, -0.2) is 30.2 Å². The second-order valence-electron chi connectivity index (χ2n) is 6.31. The normalized spacial score (nSPS) is 14.9. The lowest BCUT2D eigenvalue weighted by atomic mass is 10.0. The van der Waals surface area contributed by atoms with Gasteiger partial charge in [0.25, 0.3) is 0 Å². The minimum atomic E-state index is 0.329. The van der Waals surface area contributed by atoms with Gasteiger partial charge in [0.05, 0.1) is 12.5 Å². The predicted molar refractivity (Wildman–Crippen MR) is 105 cm³/mol. The highest BCUT2D eigenvalue weighted by atomic mass is 35.5. The van der Waals surface area contributed by atoms with Crippen LogP contribution in [0.2, 0.25) is 5.28 Å². The van der Waals surface area contributed by atoms with Gasteiger partial charge in [-0.25, -0.2) is 4.98 Å². The van der Waals surface area contributed by atoms with E-state index < -0.39 is 0 Å². The molecule has 130 valence electrons. The Hall–Kier alpha value is -1.85. The number of rotatable bonds is 3. The fourth-order valence-corrected chi connectivity index (χ4v) is 4.76. The van der Waals surface area contributed by atoms with Crippen molar-refractivity contribution in [2.45, 2.75) is 26.2 Å². The van der Waals surface area contributed by atoms with Crippen LogP contribution < -0.4 is 9.64 Å². The van der Waals surface area contributed by atoms with E-state index in [2.05, 4.69) is 33.9 Å². The summed E-state index contributed by atoms with van der Waals surface area (Å²) < 4.78 is 5.29. The lowest BCUT2D eigenvalue weighted by molar-refractivity contribution is 0.415. The van der Waals surface area contributed by atoms with Crippen LogP contribution >= 0.6 is 22.9 Å². The number of ether oxygens (including phenoxy) is 1. The van der Waals surface area contributed by atoms with E-state index in [-0.39, 0.29) is 0 Å². The summed E-state index contributed by atoms with van der Waals surface area (Å²) in [7, 11) is 1.69. The molecule has 25 heavy (non-hydrogen) atoms. The zero-order valence-electron chi connectivity index (χ0n) is 14.4. The van der Waals surface area contributed by atoms with E-state index in [0.29, 0.717) is 5.28 Å². The largest absolute Gasteiger partial charge is 0.497 e. The fraction of sp³-hybridized carbons (Fsp3) is 0.368. The number of hydrogen-bond acceptors (Lipinski definition) is 5. The molecule has 1 aliphatic heterocycles. The van der Waals surface area contributed by atoms with Gasteiger partial charge < -0.3 is 9.64 Å². The highest BCUT2D eigenvalue weighted by molar-refractivity contribution is 7.19. The Kier molecular flexibility index (Phi) is 4.52. The molecule has 3 aromatic rings. The fourth-order valence-electron chi connectivity index (χ4n) is 3.51. The lowest BCUT2D eigenvalue weighted by Gasteiger charge is -2.28. The molecule has 0 saturated carbocycles. The second-order valence-corrected chi connectivity index (χ2v) is 7.85. The quantitative estimate of drug-likeness (QED) is 0.582. The molecule has 0 N–H and O–H groups in total. The Balaban J connectivity index is 1.92. The van der Waals surface area contributed by atoms with Gasteiger partial charge >= 0.3 is 0 Å². The van der Waals surface area contributed by atoms with Crippen LogP contribution in [-0.2, 0) is 0 Å². The number of aromatic nitrogens is 2. The lowest BCUT2D eigenvalue weighted by Crippen LogP contribution is -2.30. The standard InChI is InChI=1S/C19H20ClN3OS/c1-12-15(13-6-8-14(24-2)9-7-13)16-17(23-10-4-3-5-11-23)21-19(20)22-18(16)25-12/h6-9H,3-5,10-11H2,1-2H3. The molecule has 1 saturated heterocycles. The van der Waals surface area contributed by atoms with Gasteiger partial charge in [-0.05, 0) is 55.5 Å². The first-order valence-corrected chi connectivity index (χ1v) is 9.73. The molecule has 2 aromatic heterocycles.